The van der Waals surface area contributed by atoms with Crippen LogP contribution in [-0.2, 0) is 6.42 Å². The molecule has 0 radical (unpaired) electrons. The first kappa shape index (κ1) is 23.2. The molecule has 0 fully saturated rings. The minimum atomic E-state index is 0. The van der Waals surface area contributed by atoms with Crippen LogP contribution < -0.4 is 25.3 Å². The Bertz CT molecular complexity index is 744. The van der Waals surface area contributed by atoms with Gasteiger partial charge in [-0.1, -0.05) is 23.7 Å². The Kier molecular flexibility index (Phi) is 10.7. The second kappa shape index (κ2) is 12.5. The molecular formula is C19H25ClIN3O3. The predicted octanol–water partition coefficient (Wildman–Crippen LogP) is 3.50. The molecule has 3 N–H and O–H groups in total. The zero-order valence-corrected chi connectivity index (χ0v) is 18.5. The number of benzene rings is 2. The molecule has 8 heteroatoms. The number of hydrogen-bond acceptors (Lipinski definition) is 4. The van der Waals surface area contributed by atoms with Crippen LogP contribution in [0.4, 0.5) is 0 Å². The number of guanidine groups is 1. The molecule has 2 aromatic carbocycles. The molecule has 0 heterocycles. The van der Waals surface area contributed by atoms with Crippen molar-refractivity contribution in [2.75, 3.05) is 33.9 Å². The van der Waals surface area contributed by atoms with Gasteiger partial charge in [0.15, 0.2) is 17.5 Å². The molecule has 0 saturated carbocycles. The Morgan fingerprint density at radius 1 is 1.11 bits per heavy atom. The maximum atomic E-state index is 5.90. The van der Waals surface area contributed by atoms with E-state index in [9.17, 15) is 0 Å². The molecule has 27 heavy (non-hydrogen) atoms. The number of rotatable bonds is 9. The van der Waals surface area contributed by atoms with Crippen LogP contribution in [0.2, 0.25) is 5.02 Å². The van der Waals surface area contributed by atoms with Gasteiger partial charge in [0.1, 0.15) is 12.4 Å². The number of nitrogens with one attached hydrogen (secondary N) is 1. The zero-order chi connectivity index (χ0) is 18.8. The zero-order valence-electron chi connectivity index (χ0n) is 15.4. The standard InChI is InChI=1S/C19H24ClN3O3.HI/c1-24-17-7-6-14(12-18(17)25-2)8-9-22-19(21)23-10-11-26-16-5-3-4-15(20)13-16;/h3-7,12-13H,8-11H2,1-2H3,(H3,21,22,23);1H. The lowest BCUT2D eigenvalue weighted by Gasteiger charge is -2.10. The highest BCUT2D eigenvalue weighted by Crippen LogP contribution is 2.27. The molecule has 0 spiro atoms. The van der Waals surface area contributed by atoms with Crippen LogP contribution in [0.25, 0.3) is 0 Å². The number of aliphatic imine (C=N–C) groups is 1. The monoisotopic (exact) mass is 505 g/mol. The molecule has 6 nitrogen and oxygen atoms in total. The summed E-state index contributed by atoms with van der Waals surface area (Å²) in [5.41, 5.74) is 6.96. The van der Waals surface area contributed by atoms with Crippen LogP contribution in [0.15, 0.2) is 47.5 Å². The van der Waals surface area contributed by atoms with Gasteiger partial charge in [-0.25, -0.2) is 0 Å². The Balaban J connectivity index is 0.00000364. The fourth-order valence-electron chi connectivity index (χ4n) is 2.30. The minimum absolute atomic E-state index is 0. The van der Waals surface area contributed by atoms with Gasteiger partial charge in [-0.15, -0.1) is 24.0 Å². The number of halogens is 2. The fraction of sp³-hybridized carbons (Fsp3) is 0.316. The Morgan fingerprint density at radius 2 is 1.89 bits per heavy atom. The number of methoxy groups -OCH3 is 2. The van der Waals surface area contributed by atoms with Gasteiger partial charge in [-0.05, 0) is 42.3 Å². The minimum Gasteiger partial charge on any atom is -0.493 e. The van der Waals surface area contributed by atoms with Crippen molar-refractivity contribution in [1.82, 2.24) is 5.32 Å². The first-order valence-corrected chi connectivity index (χ1v) is 8.63. The van der Waals surface area contributed by atoms with E-state index in [0.29, 0.717) is 42.2 Å². The fourth-order valence-corrected chi connectivity index (χ4v) is 2.48. The second-order valence-electron chi connectivity index (χ2n) is 5.44. The van der Waals surface area contributed by atoms with Crippen LogP contribution >= 0.6 is 35.6 Å². The molecule has 2 rings (SSSR count). The molecule has 0 unspecified atom stereocenters. The molecule has 0 amide bonds. The van der Waals surface area contributed by atoms with Crippen LogP contribution in [-0.4, -0.2) is 39.9 Å². The number of nitrogens with zero attached hydrogens (tertiary/aromatic N) is 1. The highest BCUT2D eigenvalue weighted by Gasteiger charge is 2.04. The van der Waals surface area contributed by atoms with E-state index in [2.05, 4.69) is 10.3 Å². The van der Waals surface area contributed by atoms with Crippen molar-refractivity contribution in [1.29, 1.82) is 0 Å². The van der Waals surface area contributed by atoms with Crippen molar-refractivity contribution >= 4 is 41.5 Å². The van der Waals surface area contributed by atoms with E-state index in [1.165, 1.54) is 0 Å². The summed E-state index contributed by atoms with van der Waals surface area (Å²) in [6, 6.07) is 13.1. The third-order valence-electron chi connectivity index (χ3n) is 3.60. The van der Waals surface area contributed by atoms with Gasteiger partial charge in [0.25, 0.3) is 0 Å². The van der Waals surface area contributed by atoms with Gasteiger partial charge >= 0.3 is 0 Å². The first-order chi connectivity index (χ1) is 12.6. The average Bonchev–Trinajstić information content (AvgIpc) is 2.65. The lowest BCUT2D eigenvalue weighted by Crippen LogP contribution is -2.34. The summed E-state index contributed by atoms with van der Waals surface area (Å²) < 4.78 is 16.1. The van der Waals surface area contributed by atoms with E-state index < -0.39 is 0 Å². The van der Waals surface area contributed by atoms with E-state index >= 15 is 0 Å². The van der Waals surface area contributed by atoms with Gasteiger partial charge in [0, 0.05) is 11.6 Å². The maximum absolute atomic E-state index is 5.90. The van der Waals surface area contributed by atoms with Gasteiger partial charge in [-0.3, -0.25) is 4.99 Å². The molecule has 0 bridgehead atoms. The van der Waals surface area contributed by atoms with E-state index in [1.54, 1.807) is 26.4 Å². The van der Waals surface area contributed by atoms with Crippen molar-refractivity contribution < 1.29 is 14.2 Å². The lowest BCUT2D eigenvalue weighted by atomic mass is 10.1. The molecule has 0 aromatic heterocycles. The largest absolute Gasteiger partial charge is 0.493 e. The summed E-state index contributed by atoms with van der Waals surface area (Å²) in [5, 5.41) is 3.66. The summed E-state index contributed by atoms with van der Waals surface area (Å²) in [6.45, 7) is 1.59. The summed E-state index contributed by atoms with van der Waals surface area (Å²) >= 11 is 5.90. The van der Waals surface area contributed by atoms with Gasteiger partial charge in [0.2, 0.25) is 0 Å². The van der Waals surface area contributed by atoms with Crippen molar-refractivity contribution in [2.24, 2.45) is 10.7 Å². The second-order valence-corrected chi connectivity index (χ2v) is 5.88. The molecular weight excluding hydrogens is 481 g/mol. The van der Waals surface area contributed by atoms with Crippen LogP contribution in [0.1, 0.15) is 5.56 Å². The van der Waals surface area contributed by atoms with Crippen molar-refractivity contribution in [2.45, 2.75) is 6.42 Å². The van der Waals surface area contributed by atoms with Gasteiger partial charge < -0.3 is 25.3 Å². The van der Waals surface area contributed by atoms with Crippen LogP contribution in [0, 0.1) is 0 Å². The third kappa shape index (κ3) is 8.13. The molecule has 0 aliphatic rings. The number of hydrogen-bond donors (Lipinski definition) is 2. The summed E-state index contributed by atoms with van der Waals surface area (Å²) in [5.74, 6) is 2.53. The molecule has 0 aliphatic heterocycles. The normalized spacial score (nSPS) is 10.7. The lowest BCUT2D eigenvalue weighted by molar-refractivity contribution is 0.322. The summed E-state index contributed by atoms with van der Waals surface area (Å²) in [7, 11) is 3.23. The van der Waals surface area contributed by atoms with Crippen molar-refractivity contribution in [3.05, 3.63) is 53.1 Å². The SMILES string of the molecule is COc1ccc(CCN=C(N)NCCOc2cccc(Cl)c2)cc1OC.I. The average molecular weight is 506 g/mol. The predicted molar refractivity (Wildman–Crippen MR) is 120 cm³/mol. The Labute approximate surface area is 182 Å². The molecule has 0 atom stereocenters. The quantitative estimate of drug-likeness (QED) is 0.236. The molecule has 2 aromatic rings. The van der Waals surface area contributed by atoms with Crippen LogP contribution in [0.3, 0.4) is 0 Å². The third-order valence-corrected chi connectivity index (χ3v) is 3.84. The Morgan fingerprint density at radius 3 is 2.59 bits per heavy atom. The highest BCUT2D eigenvalue weighted by atomic mass is 127. The Hall–Kier alpha value is -1.87. The van der Waals surface area contributed by atoms with Gasteiger partial charge in [0.05, 0.1) is 20.8 Å². The van der Waals surface area contributed by atoms with E-state index in [0.717, 1.165) is 17.7 Å². The van der Waals surface area contributed by atoms with Crippen LogP contribution in [0.5, 0.6) is 17.2 Å². The smallest absolute Gasteiger partial charge is 0.188 e. The number of ether oxygens (including phenoxy) is 3. The topological polar surface area (TPSA) is 78.1 Å². The highest BCUT2D eigenvalue weighted by molar-refractivity contribution is 14.0. The van der Waals surface area contributed by atoms with E-state index in [-0.39, 0.29) is 24.0 Å². The molecule has 0 saturated heterocycles. The summed E-state index contributed by atoms with van der Waals surface area (Å²) in [6.07, 6.45) is 0.752. The van der Waals surface area contributed by atoms with E-state index in [4.69, 9.17) is 31.5 Å². The van der Waals surface area contributed by atoms with E-state index in [1.807, 2.05) is 30.3 Å². The molecule has 0 aliphatic carbocycles. The number of nitrogens with two attached hydrogens (primary N) is 1. The first-order valence-electron chi connectivity index (χ1n) is 8.25. The van der Waals surface area contributed by atoms with Gasteiger partial charge in [-0.2, -0.15) is 0 Å². The maximum Gasteiger partial charge on any atom is 0.188 e. The van der Waals surface area contributed by atoms with Crippen molar-refractivity contribution in [3.63, 3.8) is 0 Å². The summed E-state index contributed by atoms with van der Waals surface area (Å²) in [4.78, 5) is 4.31. The van der Waals surface area contributed by atoms with Crippen molar-refractivity contribution in [3.8, 4) is 17.2 Å². The molecule has 148 valence electrons.